The number of carbonyl (C=O) groups excluding carboxylic acids is 1. The first kappa shape index (κ1) is 13.8. The van der Waals surface area contributed by atoms with Gasteiger partial charge in [-0.25, -0.2) is 0 Å². The van der Waals surface area contributed by atoms with E-state index in [0.29, 0.717) is 5.69 Å². The number of carbonyl (C=O) groups is 1. The summed E-state index contributed by atoms with van der Waals surface area (Å²) in [5, 5.41) is 17.9. The Morgan fingerprint density at radius 1 is 1.45 bits per heavy atom. The van der Waals surface area contributed by atoms with Crippen LogP contribution in [0.3, 0.4) is 0 Å². The van der Waals surface area contributed by atoms with Crippen molar-refractivity contribution in [1.82, 2.24) is 10.2 Å². The summed E-state index contributed by atoms with van der Waals surface area (Å²) in [6.07, 6.45) is 2.30. The highest BCUT2D eigenvalue weighted by molar-refractivity contribution is 6.03. The molecule has 0 aliphatic carbocycles. The molecule has 102 valence electrons. The molecule has 2 rings (SSSR count). The van der Waals surface area contributed by atoms with E-state index in [4.69, 9.17) is 5.11 Å². The van der Waals surface area contributed by atoms with Crippen LogP contribution < -0.4 is 5.32 Å². The molecule has 20 heavy (non-hydrogen) atoms. The fraction of sp³-hybridized carbons (Fsp3) is 0.200. The van der Waals surface area contributed by atoms with Gasteiger partial charge in [-0.05, 0) is 36.2 Å². The lowest BCUT2D eigenvalue weighted by atomic mass is 10.1. The quantitative estimate of drug-likeness (QED) is 0.740. The van der Waals surface area contributed by atoms with Crippen molar-refractivity contribution in [2.45, 2.75) is 13.3 Å². The maximum atomic E-state index is 12.0. The predicted octanol–water partition coefficient (Wildman–Crippen LogP) is 1.57. The van der Waals surface area contributed by atoms with Crippen molar-refractivity contribution < 1.29 is 9.90 Å². The summed E-state index contributed by atoms with van der Waals surface area (Å²) >= 11 is 0. The van der Waals surface area contributed by atoms with Crippen molar-refractivity contribution in [3.05, 3.63) is 47.3 Å². The lowest BCUT2D eigenvalue weighted by molar-refractivity contribution is 0.102. The second-order valence-corrected chi connectivity index (χ2v) is 4.11. The Bertz CT molecular complexity index is 651. The fourth-order valence-electron chi connectivity index (χ4n) is 1.80. The van der Waals surface area contributed by atoms with Gasteiger partial charge in [0.05, 0.1) is 0 Å². The molecule has 0 atom stereocenters. The molecule has 0 radical (unpaired) electrons. The van der Waals surface area contributed by atoms with Gasteiger partial charge in [-0.1, -0.05) is 18.8 Å². The number of hydrogen-bond acceptors (Lipinski definition) is 3. The SMILES string of the molecule is CCc1cc(C#CCO)ccc1NC(=O)c1ccn[nH]1. The number of aryl methyl sites for hydroxylation is 1. The largest absolute Gasteiger partial charge is 0.384 e. The van der Waals surface area contributed by atoms with Crippen molar-refractivity contribution in [2.75, 3.05) is 11.9 Å². The van der Waals surface area contributed by atoms with Crippen LogP contribution in [0.15, 0.2) is 30.5 Å². The van der Waals surface area contributed by atoms with Crippen molar-refractivity contribution in [2.24, 2.45) is 0 Å². The van der Waals surface area contributed by atoms with E-state index in [9.17, 15) is 4.79 Å². The zero-order chi connectivity index (χ0) is 14.4. The van der Waals surface area contributed by atoms with Crippen LogP contribution in [0.1, 0.15) is 28.5 Å². The van der Waals surface area contributed by atoms with E-state index in [-0.39, 0.29) is 12.5 Å². The molecule has 1 aromatic heterocycles. The van der Waals surface area contributed by atoms with Crippen LogP contribution in [0.25, 0.3) is 0 Å². The fourth-order valence-corrected chi connectivity index (χ4v) is 1.80. The van der Waals surface area contributed by atoms with Gasteiger partial charge in [0.15, 0.2) is 0 Å². The predicted molar refractivity (Wildman–Crippen MR) is 76.3 cm³/mol. The molecule has 5 nitrogen and oxygen atoms in total. The Kier molecular flexibility index (Phi) is 4.53. The van der Waals surface area contributed by atoms with Gasteiger partial charge in [0.2, 0.25) is 0 Å². The molecule has 0 bridgehead atoms. The van der Waals surface area contributed by atoms with Crippen molar-refractivity contribution >= 4 is 11.6 Å². The van der Waals surface area contributed by atoms with E-state index in [2.05, 4.69) is 27.4 Å². The van der Waals surface area contributed by atoms with E-state index < -0.39 is 0 Å². The second-order valence-electron chi connectivity index (χ2n) is 4.11. The summed E-state index contributed by atoms with van der Waals surface area (Å²) in [4.78, 5) is 12.0. The standard InChI is InChI=1S/C15H15N3O2/c1-2-12-10-11(4-3-9-19)5-6-13(12)17-15(20)14-7-8-16-18-14/h5-8,10,19H,2,9H2,1H3,(H,16,18)(H,17,20). The first-order valence-corrected chi connectivity index (χ1v) is 6.28. The van der Waals surface area contributed by atoms with Gasteiger partial charge in [0.1, 0.15) is 12.3 Å². The molecule has 0 unspecified atom stereocenters. The maximum Gasteiger partial charge on any atom is 0.273 e. The minimum atomic E-state index is -0.230. The highest BCUT2D eigenvalue weighted by Gasteiger charge is 2.09. The van der Waals surface area contributed by atoms with Crippen LogP contribution in [0.2, 0.25) is 0 Å². The Morgan fingerprint density at radius 2 is 2.30 bits per heavy atom. The molecule has 1 aromatic carbocycles. The lowest BCUT2D eigenvalue weighted by Crippen LogP contribution is -2.13. The number of aliphatic hydroxyl groups excluding tert-OH is 1. The molecule has 3 N–H and O–H groups in total. The zero-order valence-electron chi connectivity index (χ0n) is 11.1. The number of aromatic amines is 1. The summed E-state index contributed by atoms with van der Waals surface area (Å²) in [5.74, 6) is 5.22. The van der Waals surface area contributed by atoms with Crippen LogP contribution in [0.4, 0.5) is 5.69 Å². The number of amides is 1. The monoisotopic (exact) mass is 269 g/mol. The highest BCUT2D eigenvalue weighted by Crippen LogP contribution is 2.18. The van der Waals surface area contributed by atoms with E-state index in [1.54, 1.807) is 6.07 Å². The van der Waals surface area contributed by atoms with Gasteiger partial charge in [0, 0.05) is 17.4 Å². The molecule has 1 heterocycles. The second kappa shape index (κ2) is 6.55. The summed E-state index contributed by atoms with van der Waals surface area (Å²) < 4.78 is 0. The molecule has 2 aromatic rings. The third-order valence-corrected chi connectivity index (χ3v) is 2.79. The first-order chi connectivity index (χ1) is 9.74. The van der Waals surface area contributed by atoms with Crippen LogP contribution in [0, 0.1) is 11.8 Å². The summed E-state index contributed by atoms with van der Waals surface area (Å²) in [5.41, 5.74) is 2.97. The van der Waals surface area contributed by atoms with E-state index in [0.717, 1.165) is 23.2 Å². The van der Waals surface area contributed by atoms with Crippen LogP contribution >= 0.6 is 0 Å². The number of aromatic nitrogens is 2. The van der Waals surface area contributed by atoms with Crippen LogP contribution in [0.5, 0.6) is 0 Å². The Labute approximate surface area is 117 Å². The molecular weight excluding hydrogens is 254 g/mol. The lowest BCUT2D eigenvalue weighted by Gasteiger charge is -2.09. The third-order valence-electron chi connectivity index (χ3n) is 2.79. The number of aliphatic hydroxyl groups is 1. The number of H-pyrrole nitrogens is 1. The van der Waals surface area contributed by atoms with Gasteiger partial charge < -0.3 is 10.4 Å². The van der Waals surface area contributed by atoms with Gasteiger partial charge in [-0.2, -0.15) is 5.10 Å². The van der Waals surface area contributed by atoms with E-state index in [1.807, 2.05) is 25.1 Å². The molecule has 5 heteroatoms. The average Bonchev–Trinajstić information content (AvgIpc) is 3.00. The molecule has 0 saturated carbocycles. The average molecular weight is 269 g/mol. The number of nitrogens with zero attached hydrogens (tertiary/aromatic N) is 1. The molecule has 0 spiro atoms. The molecule has 0 fully saturated rings. The summed E-state index contributed by atoms with van der Waals surface area (Å²) in [7, 11) is 0. The van der Waals surface area contributed by atoms with Gasteiger partial charge in [-0.15, -0.1) is 0 Å². The topological polar surface area (TPSA) is 78.0 Å². The summed E-state index contributed by atoms with van der Waals surface area (Å²) in [6.45, 7) is 1.84. The van der Waals surface area contributed by atoms with Gasteiger partial charge in [0.25, 0.3) is 5.91 Å². The minimum absolute atomic E-state index is 0.167. The molecule has 1 amide bonds. The Balaban J connectivity index is 2.21. The van der Waals surface area contributed by atoms with Crippen molar-refractivity contribution in [3.63, 3.8) is 0 Å². The number of anilines is 1. The molecule has 0 aliphatic rings. The van der Waals surface area contributed by atoms with Crippen molar-refractivity contribution in [3.8, 4) is 11.8 Å². The molecule has 0 aliphatic heterocycles. The normalized spacial score (nSPS) is 9.70. The first-order valence-electron chi connectivity index (χ1n) is 6.28. The minimum Gasteiger partial charge on any atom is -0.384 e. The Hall–Kier alpha value is -2.58. The third kappa shape index (κ3) is 3.25. The number of nitrogens with one attached hydrogen (secondary N) is 2. The smallest absolute Gasteiger partial charge is 0.273 e. The van der Waals surface area contributed by atoms with Crippen molar-refractivity contribution in [1.29, 1.82) is 0 Å². The summed E-state index contributed by atoms with van der Waals surface area (Å²) in [6, 6.07) is 7.14. The molecule has 0 saturated heterocycles. The van der Waals surface area contributed by atoms with E-state index in [1.165, 1.54) is 6.20 Å². The van der Waals surface area contributed by atoms with Gasteiger partial charge >= 0.3 is 0 Å². The van der Waals surface area contributed by atoms with Crippen LogP contribution in [-0.4, -0.2) is 27.8 Å². The molecular formula is C15H15N3O2. The number of rotatable bonds is 3. The van der Waals surface area contributed by atoms with Crippen LogP contribution in [-0.2, 0) is 6.42 Å². The Morgan fingerprint density at radius 3 is 2.95 bits per heavy atom. The maximum absolute atomic E-state index is 12.0. The highest BCUT2D eigenvalue weighted by atomic mass is 16.2. The van der Waals surface area contributed by atoms with Gasteiger partial charge in [-0.3, -0.25) is 9.89 Å². The number of benzene rings is 1. The number of hydrogen-bond donors (Lipinski definition) is 3. The van der Waals surface area contributed by atoms with E-state index >= 15 is 0 Å². The zero-order valence-corrected chi connectivity index (χ0v) is 11.1.